The smallest absolute Gasteiger partial charge is 0.255 e. The Morgan fingerprint density at radius 2 is 1.96 bits per heavy atom. The molecule has 3 aliphatic heterocycles. The molecule has 14 nitrogen and oxygen atoms in total. The number of nitrogens with two attached hydrogens (primary N) is 1. The predicted molar refractivity (Wildman–Crippen MR) is 165 cm³/mol. The Hall–Kier alpha value is -4.53. The number of likely N-dealkylation sites (tertiary alicyclic amines) is 1. The second kappa shape index (κ2) is 14.5. The van der Waals surface area contributed by atoms with Crippen LogP contribution in [0.4, 0.5) is 11.4 Å². The number of amides is 5. The number of piperidine rings is 1. The van der Waals surface area contributed by atoms with Crippen molar-refractivity contribution < 1.29 is 33.4 Å². The summed E-state index contributed by atoms with van der Waals surface area (Å²) in [5.41, 5.74) is 8.43. The van der Waals surface area contributed by atoms with Gasteiger partial charge in [-0.2, -0.15) is 0 Å². The molecule has 240 valence electrons. The Morgan fingerprint density at radius 1 is 1.11 bits per heavy atom. The van der Waals surface area contributed by atoms with E-state index in [9.17, 15) is 24.0 Å². The number of fused-ring (bicyclic) bond motifs is 1. The predicted octanol–water partition coefficient (Wildman–Crippen LogP) is 0.0874. The molecule has 5 rings (SSSR count). The van der Waals surface area contributed by atoms with Crippen molar-refractivity contribution in [3.63, 3.8) is 0 Å². The number of ether oxygens (including phenoxy) is 2. The minimum atomic E-state index is -0.717. The zero-order chi connectivity index (χ0) is 31.9. The van der Waals surface area contributed by atoms with E-state index in [0.29, 0.717) is 53.6 Å². The average molecular weight is 622 g/mol. The Bertz CT molecular complexity index is 1470. The van der Waals surface area contributed by atoms with E-state index < -0.39 is 11.9 Å². The average Bonchev–Trinajstić information content (AvgIpc) is 3.61. The van der Waals surface area contributed by atoms with Crippen molar-refractivity contribution in [1.29, 1.82) is 0 Å². The SMILES string of the molecule is COc1cc(C(=O)NC2CCN(CCOCCNCC(=O)Nc3cccc4c3CN(C3CCC(=O)NC3=O)C4=O)C2)ccc1N. The van der Waals surface area contributed by atoms with Gasteiger partial charge in [0.1, 0.15) is 11.8 Å². The number of nitrogens with one attached hydrogen (secondary N) is 4. The maximum absolute atomic E-state index is 13.0. The summed E-state index contributed by atoms with van der Waals surface area (Å²) in [5.74, 6) is -1.07. The fraction of sp³-hybridized carbons (Fsp3) is 0.452. The van der Waals surface area contributed by atoms with E-state index in [0.717, 1.165) is 26.1 Å². The number of nitrogen functional groups attached to an aromatic ring is 1. The van der Waals surface area contributed by atoms with Crippen LogP contribution in [0.1, 0.15) is 45.5 Å². The van der Waals surface area contributed by atoms with Crippen molar-refractivity contribution >= 4 is 40.9 Å². The molecule has 0 saturated carbocycles. The molecule has 0 bridgehead atoms. The summed E-state index contributed by atoms with van der Waals surface area (Å²) < 4.78 is 10.9. The van der Waals surface area contributed by atoms with E-state index >= 15 is 0 Å². The monoisotopic (exact) mass is 621 g/mol. The first kappa shape index (κ1) is 31.9. The molecule has 2 aromatic rings. The quantitative estimate of drug-likeness (QED) is 0.117. The van der Waals surface area contributed by atoms with Gasteiger partial charge in [0.05, 0.1) is 32.6 Å². The molecule has 6 N–H and O–H groups in total. The molecule has 0 spiro atoms. The van der Waals surface area contributed by atoms with Crippen LogP contribution in [-0.4, -0.2) is 104 Å². The number of carbonyl (C=O) groups excluding carboxylic acids is 5. The Balaban J connectivity index is 0.964. The van der Waals surface area contributed by atoms with Gasteiger partial charge in [-0.05, 0) is 43.2 Å². The molecule has 2 atom stereocenters. The summed E-state index contributed by atoms with van der Waals surface area (Å²) >= 11 is 0. The molecule has 2 unspecified atom stereocenters. The first-order chi connectivity index (χ1) is 21.7. The molecule has 2 fully saturated rings. The third-order valence-electron chi connectivity index (χ3n) is 8.22. The van der Waals surface area contributed by atoms with Gasteiger partial charge < -0.3 is 36.1 Å². The Morgan fingerprint density at radius 3 is 2.76 bits per heavy atom. The van der Waals surface area contributed by atoms with Crippen LogP contribution in [0, 0.1) is 0 Å². The van der Waals surface area contributed by atoms with Gasteiger partial charge in [0.2, 0.25) is 17.7 Å². The molecule has 5 amide bonds. The molecule has 14 heteroatoms. The highest BCUT2D eigenvalue weighted by molar-refractivity contribution is 6.07. The minimum Gasteiger partial charge on any atom is -0.495 e. The molecular weight excluding hydrogens is 582 g/mol. The highest BCUT2D eigenvalue weighted by Crippen LogP contribution is 2.32. The summed E-state index contributed by atoms with van der Waals surface area (Å²) in [5, 5.41) is 11.3. The highest BCUT2D eigenvalue weighted by Gasteiger charge is 2.40. The zero-order valence-electron chi connectivity index (χ0n) is 25.2. The number of imide groups is 1. The standard InChI is InChI=1S/C31H39N7O7/c1-44-26-15-19(5-6-23(26)32)29(41)34-20-9-11-37(17-20)12-14-45-13-10-33-16-28(40)35-24-4-2-3-21-22(24)18-38(31(21)43)25-7-8-27(39)36-30(25)42/h2-6,15,20,25,33H,7-14,16-18,32H2,1H3,(H,34,41)(H,35,40)(H,36,39,42). The summed E-state index contributed by atoms with van der Waals surface area (Å²) in [6, 6.07) is 9.40. The third-order valence-corrected chi connectivity index (χ3v) is 8.22. The summed E-state index contributed by atoms with van der Waals surface area (Å²) in [6.07, 6.45) is 1.30. The zero-order valence-corrected chi connectivity index (χ0v) is 25.2. The summed E-state index contributed by atoms with van der Waals surface area (Å²) in [7, 11) is 1.51. The lowest BCUT2D eigenvalue weighted by Crippen LogP contribution is -2.52. The van der Waals surface area contributed by atoms with Crippen molar-refractivity contribution in [1.82, 2.24) is 25.8 Å². The molecule has 0 aromatic heterocycles. The molecule has 2 saturated heterocycles. The lowest BCUT2D eigenvalue weighted by molar-refractivity contribution is -0.137. The van der Waals surface area contributed by atoms with Crippen LogP contribution < -0.4 is 31.7 Å². The van der Waals surface area contributed by atoms with Crippen LogP contribution in [-0.2, 0) is 25.7 Å². The van der Waals surface area contributed by atoms with E-state index in [1.54, 1.807) is 36.4 Å². The molecule has 3 aliphatic rings. The minimum absolute atomic E-state index is 0.0469. The highest BCUT2D eigenvalue weighted by atomic mass is 16.5. The lowest BCUT2D eigenvalue weighted by atomic mass is 10.0. The number of rotatable bonds is 13. The van der Waals surface area contributed by atoms with Crippen molar-refractivity contribution in [2.45, 2.75) is 37.9 Å². The number of carbonyl (C=O) groups is 5. The first-order valence-electron chi connectivity index (χ1n) is 15.0. The fourth-order valence-corrected chi connectivity index (χ4v) is 5.81. The largest absolute Gasteiger partial charge is 0.495 e. The molecule has 3 heterocycles. The van der Waals surface area contributed by atoms with Gasteiger partial charge in [-0.1, -0.05) is 6.07 Å². The molecule has 2 aromatic carbocycles. The van der Waals surface area contributed by atoms with E-state index in [2.05, 4.69) is 26.2 Å². The number of hydrogen-bond donors (Lipinski definition) is 5. The van der Waals surface area contributed by atoms with Crippen LogP contribution >= 0.6 is 0 Å². The van der Waals surface area contributed by atoms with Crippen molar-refractivity contribution in [2.24, 2.45) is 0 Å². The number of benzene rings is 2. The molecule has 0 aliphatic carbocycles. The van der Waals surface area contributed by atoms with Gasteiger partial charge in [0.25, 0.3) is 11.8 Å². The van der Waals surface area contributed by atoms with Gasteiger partial charge in [-0.15, -0.1) is 0 Å². The number of methoxy groups -OCH3 is 1. The van der Waals surface area contributed by atoms with Crippen molar-refractivity contribution in [3.8, 4) is 5.75 Å². The van der Waals surface area contributed by atoms with Crippen LogP contribution in [0.5, 0.6) is 5.75 Å². The van der Waals surface area contributed by atoms with Gasteiger partial charge in [0.15, 0.2) is 0 Å². The second-order valence-corrected chi connectivity index (χ2v) is 11.3. The summed E-state index contributed by atoms with van der Waals surface area (Å²) in [4.78, 5) is 65.7. The third kappa shape index (κ3) is 7.77. The van der Waals surface area contributed by atoms with Gasteiger partial charge in [-0.25, -0.2) is 0 Å². The Kier molecular flexibility index (Phi) is 10.3. The molecule has 45 heavy (non-hydrogen) atoms. The van der Waals surface area contributed by atoms with Crippen LogP contribution in [0.15, 0.2) is 36.4 Å². The van der Waals surface area contributed by atoms with Crippen molar-refractivity contribution in [2.75, 3.05) is 64.1 Å². The topological polar surface area (TPSA) is 184 Å². The molecule has 0 radical (unpaired) electrons. The maximum atomic E-state index is 13.0. The van der Waals surface area contributed by atoms with E-state index in [1.807, 2.05) is 0 Å². The van der Waals surface area contributed by atoms with E-state index in [1.165, 1.54) is 12.0 Å². The van der Waals surface area contributed by atoms with E-state index in [4.69, 9.17) is 15.2 Å². The second-order valence-electron chi connectivity index (χ2n) is 11.3. The van der Waals surface area contributed by atoms with Gasteiger partial charge >= 0.3 is 0 Å². The lowest BCUT2D eigenvalue weighted by Gasteiger charge is -2.29. The Labute approximate surface area is 260 Å². The van der Waals surface area contributed by atoms with Gasteiger partial charge in [-0.3, -0.25) is 34.2 Å². The number of anilines is 2. The van der Waals surface area contributed by atoms with Crippen molar-refractivity contribution in [3.05, 3.63) is 53.1 Å². The molecular formula is C31H39N7O7. The number of hydrogen-bond acceptors (Lipinski definition) is 10. The van der Waals surface area contributed by atoms with Gasteiger partial charge in [0, 0.05) is 67.6 Å². The summed E-state index contributed by atoms with van der Waals surface area (Å²) in [6.45, 7) is 4.00. The van der Waals surface area contributed by atoms with Crippen LogP contribution in [0.2, 0.25) is 0 Å². The van der Waals surface area contributed by atoms with Crippen LogP contribution in [0.3, 0.4) is 0 Å². The van der Waals surface area contributed by atoms with Crippen LogP contribution in [0.25, 0.3) is 0 Å². The normalized spacial score (nSPS) is 19.8. The van der Waals surface area contributed by atoms with E-state index in [-0.39, 0.29) is 55.6 Å². The fourth-order valence-electron chi connectivity index (χ4n) is 5.81. The first-order valence-corrected chi connectivity index (χ1v) is 15.0. The number of nitrogens with zero attached hydrogens (tertiary/aromatic N) is 2. The maximum Gasteiger partial charge on any atom is 0.255 e.